The zero-order chi connectivity index (χ0) is 12.4. The van der Waals surface area contributed by atoms with E-state index in [1.165, 1.54) is 0 Å². The van der Waals surface area contributed by atoms with E-state index in [1.807, 2.05) is 6.92 Å². The summed E-state index contributed by atoms with van der Waals surface area (Å²) in [7, 11) is 0. The van der Waals surface area contributed by atoms with Gasteiger partial charge in [0.2, 0.25) is 0 Å². The number of rotatable bonds is 10. The van der Waals surface area contributed by atoms with Gasteiger partial charge in [-0.2, -0.15) is 0 Å². The van der Waals surface area contributed by atoms with Gasteiger partial charge in [-0.05, 0) is 31.6 Å². The van der Waals surface area contributed by atoms with Crippen molar-refractivity contribution in [3.63, 3.8) is 0 Å². The van der Waals surface area contributed by atoms with Crippen LogP contribution in [-0.2, 0) is 9.59 Å². The number of carboxylic acids is 2. The van der Waals surface area contributed by atoms with Gasteiger partial charge in [-0.1, -0.05) is 32.6 Å². The third-order valence-corrected chi connectivity index (χ3v) is 2.76. The monoisotopic (exact) mass is 306 g/mol. The molecule has 0 saturated carbocycles. The standard InChI is InChI=1S/C12H22O4.2K/c1-2-10(12(15)16)8-6-4-3-5-7-9-11(13)14;;/h10H,2-9H2,1H3,(H,13,14)(H,15,16);;/q;2*+1/p-2. The molecule has 0 amide bonds. The predicted octanol–water partition coefficient (Wildman–Crippen LogP) is -5.75. The summed E-state index contributed by atoms with van der Waals surface area (Å²) in [5.41, 5.74) is 0. The zero-order valence-corrected chi connectivity index (χ0v) is 18.1. The Hall–Kier alpha value is 2.21. The number of carboxylic acid groups (broad SMARTS) is 2. The van der Waals surface area contributed by atoms with E-state index >= 15 is 0 Å². The maximum atomic E-state index is 10.6. The topological polar surface area (TPSA) is 80.3 Å². The van der Waals surface area contributed by atoms with E-state index in [0.29, 0.717) is 19.3 Å². The maximum absolute atomic E-state index is 10.6. The van der Waals surface area contributed by atoms with E-state index in [4.69, 9.17) is 0 Å². The van der Waals surface area contributed by atoms with Crippen LogP contribution in [0.3, 0.4) is 0 Å². The summed E-state index contributed by atoms with van der Waals surface area (Å²) in [6, 6.07) is 0. The number of carbonyl (C=O) groups is 2. The first kappa shape index (κ1) is 25.2. The van der Waals surface area contributed by atoms with Crippen molar-refractivity contribution in [2.75, 3.05) is 0 Å². The average Bonchev–Trinajstić information content (AvgIpc) is 2.21. The van der Waals surface area contributed by atoms with Gasteiger partial charge in [0, 0.05) is 11.9 Å². The minimum Gasteiger partial charge on any atom is -0.550 e. The molecule has 4 nitrogen and oxygen atoms in total. The molecule has 0 bridgehead atoms. The Labute approximate surface area is 195 Å². The van der Waals surface area contributed by atoms with Crippen LogP contribution in [0.4, 0.5) is 0 Å². The molecule has 1 unspecified atom stereocenters. The molecule has 0 fully saturated rings. The largest absolute Gasteiger partial charge is 1.00 e. The number of aliphatic carboxylic acids is 2. The van der Waals surface area contributed by atoms with Crippen LogP contribution < -0.4 is 113 Å². The fourth-order valence-electron chi connectivity index (χ4n) is 1.68. The van der Waals surface area contributed by atoms with Crippen LogP contribution in [-0.4, -0.2) is 11.9 Å². The molecule has 0 aliphatic rings. The Balaban J connectivity index is -0.00000112. The predicted molar refractivity (Wildman–Crippen MR) is 56.1 cm³/mol. The van der Waals surface area contributed by atoms with Gasteiger partial charge in [0.05, 0.1) is 0 Å². The Morgan fingerprint density at radius 1 is 0.944 bits per heavy atom. The van der Waals surface area contributed by atoms with Crippen LogP contribution >= 0.6 is 0 Å². The fraction of sp³-hybridized carbons (Fsp3) is 0.833. The molecular weight excluding hydrogens is 286 g/mol. The Morgan fingerprint density at radius 2 is 1.44 bits per heavy atom. The quantitative estimate of drug-likeness (QED) is 0.298. The average molecular weight is 306 g/mol. The molecule has 18 heavy (non-hydrogen) atoms. The second-order valence-corrected chi connectivity index (χ2v) is 4.10. The van der Waals surface area contributed by atoms with Crippen molar-refractivity contribution in [1.82, 2.24) is 0 Å². The normalized spacial score (nSPS) is 10.9. The molecule has 0 rings (SSSR count). The fourth-order valence-corrected chi connectivity index (χ4v) is 1.68. The van der Waals surface area contributed by atoms with Gasteiger partial charge in [-0.15, -0.1) is 0 Å². The number of carbonyl (C=O) groups excluding carboxylic acids is 2. The van der Waals surface area contributed by atoms with Crippen LogP contribution in [0.1, 0.15) is 58.3 Å². The van der Waals surface area contributed by atoms with E-state index in [0.717, 1.165) is 25.7 Å². The summed E-state index contributed by atoms with van der Waals surface area (Å²) in [6.07, 6.45) is 5.71. The number of hydrogen-bond donors (Lipinski definition) is 0. The first-order valence-corrected chi connectivity index (χ1v) is 5.98. The minimum absolute atomic E-state index is 0. The first-order valence-electron chi connectivity index (χ1n) is 5.98. The molecule has 0 aromatic carbocycles. The molecule has 0 spiro atoms. The van der Waals surface area contributed by atoms with Crippen LogP contribution in [0.2, 0.25) is 0 Å². The van der Waals surface area contributed by atoms with Crippen molar-refractivity contribution < 1.29 is 123 Å². The van der Waals surface area contributed by atoms with Gasteiger partial charge in [0.25, 0.3) is 0 Å². The van der Waals surface area contributed by atoms with Crippen LogP contribution in [0.25, 0.3) is 0 Å². The molecule has 0 N–H and O–H groups in total. The van der Waals surface area contributed by atoms with Crippen LogP contribution in [0, 0.1) is 5.92 Å². The molecule has 0 aliphatic carbocycles. The van der Waals surface area contributed by atoms with Crippen LogP contribution in [0.15, 0.2) is 0 Å². The van der Waals surface area contributed by atoms with Crippen molar-refractivity contribution >= 4 is 11.9 Å². The van der Waals surface area contributed by atoms with E-state index in [2.05, 4.69) is 0 Å². The summed E-state index contributed by atoms with van der Waals surface area (Å²) in [4.78, 5) is 20.7. The number of unbranched alkanes of at least 4 members (excludes halogenated alkanes) is 4. The summed E-state index contributed by atoms with van der Waals surface area (Å²) in [5.74, 6) is -2.29. The summed E-state index contributed by atoms with van der Waals surface area (Å²) in [5, 5.41) is 20.7. The molecule has 1 atom stereocenters. The Kier molecular flexibility index (Phi) is 24.2. The Bertz CT molecular complexity index is 222. The minimum atomic E-state index is -0.997. The Morgan fingerprint density at radius 3 is 1.89 bits per heavy atom. The van der Waals surface area contributed by atoms with Gasteiger partial charge in [0.1, 0.15) is 0 Å². The van der Waals surface area contributed by atoms with E-state index in [9.17, 15) is 19.8 Å². The van der Waals surface area contributed by atoms with Crippen molar-refractivity contribution in [3.05, 3.63) is 0 Å². The third-order valence-electron chi connectivity index (χ3n) is 2.76. The summed E-state index contributed by atoms with van der Waals surface area (Å²) in [6.45, 7) is 1.85. The van der Waals surface area contributed by atoms with Gasteiger partial charge in [-0.3, -0.25) is 0 Å². The van der Waals surface area contributed by atoms with Gasteiger partial charge < -0.3 is 19.8 Å². The molecule has 0 radical (unpaired) electrons. The van der Waals surface area contributed by atoms with Crippen molar-refractivity contribution in [2.24, 2.45) is 5.92 Å². The van der Waals surface area contributed by atoms with Crippen molar-refractivity contribution in [2.45, 2.75) is 58.3 Å². The molecule has 0 aliphatic heterocycles. The van der Waals surface area contributed by atoms with Crippen LogP contribution in [0.5, 0.6) is 0 Å². The molecule has 0 aromatic rings. The van der Waals surface area contributed by atoms with Gasteiger partial charge in [-0.25, -0.2) is 0 Å². The van der Waals surface area contributed by atoms with Gasteiger partial charge >= 0.3 is 103 Å². The van der Waals surface area contributed by atoms with Gasteiger partial charge in [0.15, 0.2) is 0 Å². The molecule has 94 valence electrons. The molecule has 0 heterocycles. The smallest absolute Gasteiger partial charge is 0.550 e. The second-order valence-electron chi connectivity index (χ2n) is 4.10. The van der Waals surface area contributed by atoms with E-state index in [1.54, 1.807) is 0 Å². The SMILES string of the molecule is CCC(CCCCCCCC(=O)[O-])C(=O)[O-].[K+].[K+]. The third kappa shape index (κ3) is 16.3. The van der Waals surface area contributed by atoms with Crippen molar-refractivity contribution in [3.8, 4) is 0 Å². The second kappa shape index (κ2) is 17.3. The summed E-state index contributed by atoms with van der Waals surface area (Å²) >= 11 is 0. The first-order chi connectivity index (χ1) is 7.57. The molecule has 0 saturated heterocycles. The molecule has 6 heteroatoms. The molecular formula is C12H20K2O4. The summed E-state index contributed by atoms with van der Waals surface area (Å²) < 4.78 is 0. The maximum Gasteiger partial charge on any atom is 1.00 e. The van der Waals surface area contributed by atoms with E-state index < -0.39 is 11.9 Å². The number of hydrogen-bond acceptors (Lipinski definition) is 4. The molecule has 0 aromatic heterocycles. The van der Waals surface area contributed by atoms with E-state index in [-0.39, 0.29) is 115 Å². The zero-order valence-electron chi connectivity index (χ0n) is 11.9. The van der Waals surface area contributed by atoms with Crippen molar-refractivity contribution in [1.29, 1.82) is 0 Å².